The Bertz CT molecular complexity index is 379. The van der Waals surface area contributed by atoms with Crippen LogP contribution in [0.4, 0.5) is 5.69 Å². The molecular formula is C10H11N3O. The molecule has 0 bridgehead atoms. The number of nitriles is 1. The van der Waals surface area contributed by atoms with Crippen molar-refractivity contribution in [2.75, 3.05) is 12.4 Å². The molecule has 1 fully saturated rings. The van der Waals surface area contributed by atoms with Crippen LogP contribution >= 0.6 is 0 Å². The van der Waals surface area contributed by atoms with Gasteiger partial charge in [0, 0.05) is 13.1 Å². The van der Waals surface area contributed by atoms with Gasteiger partial charge in [-0.15, -0.1) is 0 Å². The van der Waals surface area contributed by atoms with Crippen molar-refractivity contribution >= 4 is 5.69 Å². The number of pyridine rings is 1. The van der Waals surface area contributed by atoms with E-state index >= 15 is 0 Å². The smallest absolute Gasteiger partial charge is 0.161 e. The molecule has 0 unspecified atom stereocenters. The first-order valence-electron chi connectivity index (χ1n) is 4.58. The summed E-state index contributed by atoms with van der Waals surface area (Å²) in [7, 11) is 1.80. The molecule has 0 atom stereocenters. The number of nitrogens with zero attached hydrogens (tertiary/aromatic N) is 2. The summed E-state index contributed by atoms with van der Waals surface area (Å²) in [5.41, 5.74) is 1.22. The van der Waals surface area contributed by atoms with E-state index in [1.807, 2.05) is 6.07 Å². The summed E-state index contributed by atoms with van der Waals surface area (Å²) in [6.07, 6.45) is 4.17. The molecule has 4 heteroatoms. The molecule has 1 aromatic rings. The lowest BCUT2D eigenvalue weighted by atomic mass is 10.3. The van der Waals surface area contributed by atoms with Crippen LogP contribution in [0.2, 0.25) is 0 Å². The maximum atomic E-state index is 8.66. The lowest BCUT2D eigenvalue weighted by molar-refractivity contribution is 0.303. The molecule has 1 heterocycles. The van der Waals surface area contributed by atoms with Crippen molar-refractivity contribution in [3.8, 4) is 11.8 Å². The lowest BCUT2D eigenvalue weighted by Crippen LogP contribution is -2.01. The van der Waals surface area contributed by atoms with Gasteiger partial charge in [0.25, 0.3) is 0 Å². The van der Waals surface area contributed by atoms with Gasteiger partial charge in [0.1, 0.15) is 11.8 Å². The van der Waals surface area contributed by atoms with Crippen LogP contribution in [0.25, 0.3) is 0 Å². The van der Waals surface area contributed by atoms with Crippen LogP contribution in [0.5, 0.6) is 5.75 Å². The van der Waals surface area contributed by atoms with E-state index in [9.17, 15) is 0 Å². The van der Waals surface area contributed by atoms with Gasteiger partial charge in [0.15, 0.2) is 5.75 Å². The lowest BCUT2D eigenvalue weighted by Gasteiger charge is -2.09. The summed E-state index contributed by atoms with van der Waals surface area (Å²) in [6.45, 7) is 0. The summed E-state index contributed by atoms with van der Waals surface area (Å²) in [4.78, 5) is 3.96. The quantitative estimate of drug-likeness (QED) is 0.783. The van der Waals surface area contributed by atoms with Crippen LogP contribution in [-0.4, -0.2) is 18.1 Å². The fourth-order valence-electron chi connectivity index (χ4n) is 1.16. The molecule has 4 nitrogen and oxygen atoms in total. The molecule has 0 aliphatic heterocycles. The van der Waals surface area contributed by atoms with Crippen molar-refractivity contribution in [2.45, 2.75) is 18.9 Å². The monoisotopic (exact) mass is 189 g/mol. The molecule has 72 valence electrons. The molecule has 0 saturated heterocycles. The average Bonchev–Trinajstić information content (AvgIpc) is 3.02. The van der Waals surface area contributed by atoms with Crippen molar-refractivity contribution in [3.63, 3.8) is 0 Å². The number of aromatic nitrogens is 1. The molecule has 1 aliphatic carbocycles. The van der Waals surface area contributed by atoms with E-state index in [-0.39, 0.29) is 0 Å². The van der Waals surface area contributed by atoms with Crippen molar-refractivity contribution in [1.82, 2.24) is 4.98 Å². The molecule has 1 aromatic heterocycles. The Labute approximate surface area is 82.5 Å². The van der Waals surface area contributed by atoms with Gasteiger partial charge in [-0.25, -0.2) is 4.98 Å². The van der Waals surface area contributed by atoms with Gasteiger partial charge in [-0.3, -0.25) is 0 Å². The first-order valence-corrected chi connectivity index (χ1v) is 4.58. The fourth-order valence-corrected chi connectivity index (χ4v) is 1.16. The van der Waals surface area contributed by atoms with Gasteiger partial charge in [0.05, 0.1) is 18.0 Å². The predicted molar refractivity (Wildman–Crippen MR) is 52.1 cm³/mol. The number of hydrogen-bond donors (Lipinski definition) is 1. The highest BCUT2D eigenvalue weighted by Crippen LogP contribution is 2.31. The molecule has 0 spiro atoms. The average molecular weight is 189 g/mol. The molecule has 1 saturated carbocycles. The second-order valence-corrected chi connectivity index (χ2v) is 3.24. The summed E-state index contributed by atoms with van der Waals surface area (Å²) >= 11 is 0. The maximum absolute atomic E-state index is 8.66. The van der Waals surface area contributed by atoms with E-state index in [2.05, 4.69) is 10.3 Å². The number of rotatable bonds is 3. The molecule has 0 aromatic carbocycles. The van der Waals surface area contributed by atoms with E-state index in [1.165, 1.54) is 0 Å². The number of ether oxygens (including phenoxy) is 1. The highest BCUT2D eigenvalue weighted by Gasteiger charge is 2.24. The fraction of sp³-hybridized carbons (Fsp3) is 0.400. The third-order valence-corrected chi connectivity index (χ3v) is 2.07. The second-order valence-electron chi connectivity index (χ2n) is 3.24. The minimum atomic E-state index is 0.344. The molecule has 0 amide bonds. The van der Waals surface area contributed by atoms with Crippen LogP contribution in [0.3, 0.4) is 0 Å². The third-order valence-electron chi connectivity index (χ3n) is 2.07. The van der Waals surface area contributed by atoms with Crippen LogP contribution in [0.15, 0.2) is 12.3 Å². The highest BCUT2D eigenvalue weighted by molar-refractivity contribution is 5.57. The van der Waals surface area contributed by atoms with Crippen LogP contribution in [-0.2, 0) is 0 Å². The second kappa shape index (κ2) is 3.54. The number of anilines is 1. The van der Waals surface area contributed by atoms with Crippen LogP contribution < -0.4 is 10.1 Å². The number of nitrogens with one attached hydrogen (secondary N) is 1. The Morgan fingerprint density at radius 1 is 1.64 bits per heavy atom. The molecule has 2 rings (SSSR count). The summed E-state index contributed by atoms with van der Waals surface area (Å²) in [6, 6.07) is 3.68. The van der Waals surface area contributed by atoms with Gasteiger partial charge in [-0.05, 0) is 12.8 Å². The van der Waals surface area contributed by atoms with E-state index in [0.29, 0.717) is 11.8 Å². The molecule has 1 aliphatic rings. The van der Waals surface area contributed by atoms with E-state index in [1.54, 1.807) is 19.3 Å². The van der Waals surface area contributed by atoms with E-state index in [4.69, 9.17) is 10.00 Å². The minimum absolute atomic E-state index is 0.344. The van der Waals surface area contributed by atoms with E-state index < -0.39 is 0 Å². The zero-order valence-electron chi connectivity index (χ0n) is 7.95. The van der Waals surface area contributed by atoms with Crippen LogP contribution in [0.1, 0.15) is 18.5 Å². The normalized spacial score (nSPS) is 14.6. The van der Waals surface area contributed by atoms with Crippen LogP contribution in [0, 0.1) is 11.3 Å². The Hall–Kier alpha value is -1.76. The zero-order chi connectivity index (χ0) is 9.97. The van der Waals surface area contributed by atoms with Crippen molar-refractivity contribution in [2.24, 2.45) is 0 Å². The molecular weight excluding hydrogens is 178 g/mol. The molecule has 14 heavy (non-hydrogen) atoms. The minimum Gasteiger partial charge on any atom is -0.487 e. The Kier molecular flexibility index (Phi) is 2.23. The van der Waals surface area contributed by atoms with Gasteiger partial charge < -0.3 is 10.1 Å². The zero-order valence-corrected chi connectivity index (χ0v) is 7.95. The topological polar surface area (TPSA) is 57.9 Å². The van der Waals surface area contributed by atoms with Gasteiger partial charge >= 0.3 is 0 Å². The van der Waals surface area contributed by atoms with E-state index in [0.717, 1.165) is 24.3 Å². The summed E-state index contributed by atoms with van der Waals surface area (Å²) in [5.74, 6) is 0.731. The Morgan fingerprint density at radius 3 is 3.00 bits per heavy atom. The Balaban J connectivity index is 2.25. The maximum Gasteiger partial charge on any atom is 0.161 e. The predicted octanol–water partition coefficient (Wildman–Crippen LogP) is 1.54. The third kappa shape index (κ3) is 1.77. The van der Waals surface area contributed by atoms with Gasteiger partial charge in [0.2, 0.25) is 0 Å². The largest absolute Gasteiger partial charge is 0.487 e. The first-order chi connectivity index (χ1) is 6.83. The molecule has 1 N–H and O–H groups in total. The van der Waals surface area contributed by atoms with Gasteiger partial charge in [-0.2, -0.15) is 5.26 Å². The van der Waals surface area contributed by atoms with Crippen molar-refractivity contribution in [1.29, 1.82) is 5.26 Å². The number of hydrogen-bond acceptors (Lipinski definition) is 4. The molecule has 0 radical (unpaired) electrons. The SMILES string of the molecule is CNc1cc(C#N)ncc1OC1CC1. The first kappa shape index (κ1) is 8.82. The summed E-state index contributed by atoms with van der Waals surface area (Å²) < 4.78 is 5.61. The van der Waals surface area contributed by atoms with Crippen molar-refractivity contribution in [3.05, 3.63) is 18.0 Å². The Morgan fingerprint density at radius 2 is 2.43 bits per heavy atom. The standard InChI is InChI=1S/C10H11N3O/c1-12-9-4-7(5-11)13-6-10(9)14-8-2-3-8/h4,6,8H,2-3H2,1H3,(H,12,13). The highest BCUT2D eigenvalue weighted by atomic mass is 16.5. The van der Waals surface area contributed by atoms with Crippen molar-refractivity contribution < 1.29 is 4.74 Å². The van der Waals surface area contributed by atoms with Gasteiger partial charge in [-0.1, -0.05) is 0 Å². The summed E-state index contributed by atoms with van der Waals surface area (Å²) in [5, 5.41) is 11.6.